The lowest BCUT2D eigenvalue weighted by Crippen LogP contribution is -2.26. The predicted molar refractivity (Wildman–Crippen MR) is 77.5 cm³/mol. The minimum Gasteiger partial charge on any atom is -0.497 e. The van der Waals surface area contributed by atoms with Crippen LogP contribution in [0.15, 0.2) is 27.5 Å². The summed E-state index contributed by atoms with van der Waals surface area (Å²) >= 11 is 0. The number of hydrogen-bond donors (Lipinski definition) is 1. The minimum atomic E-state index is -3.74. The number of sulfonamides is 1. The van der Waals surface area contributed by atoms with Gasteiger partial charge < -0.3 is 13.9 Å². The number of rotatable bonds is 7. The highest BCUT2D eigenvalue weighted by Crippen LogP contribution is 2.27. The first kappa shape index (κ1) is 16.2. The summed E-state index contributed by atoms with van der Waals surface area (Å²) in [5.41, 5.74) is 0. The molecule has 22 heavy (non-hydrogen) atoms. The molecular formula is C13H17N3O5S. The smallest absolute Gasteiger partial charge is 0.244 e. The predicted octanol–water partition coefficient (Wildman–Crippen LogP) is 0.916. The van der Waals surface area contributed by atoms with E-state index in [9.17, 15) is 8.42 Å². The van der Waals surface area contributed by atoms with Gasteiger partial charge in [0.15, 0.2) is 0 Å². The molecule has 0 aliphatic rings. The third kappa shape index (κ3) is 3.74. The summed E-state index contributed by atoms with van der Waals surface area (Å²) in [7, 11) is -0.877. The van der Waals surface area contributed by atoms with E-state index in [0.29, 0.717) is 24.0 Å². The quantitative estimate of drug-likeness (QED) is 0.806. The molecular weight excluding hydrogens is 310 g/mol. The van der Waals surface area contributed by atoms with E-state index in [-0.39, 0.29) is 17.2 Å². The zero-order valence-corrected chi connectivity index (χ0v) is 13.3. The van der Waals surface area contributed by atoms with Gasteiger partial charge in [0.05, 0.1) is 14.2 Å². The molecule has 0 saturated carbocycles. The summed E-state index contributed by atoms with van der Waals surface area (Å²) in [4.78, 5) is 0.0102. The minimum absolute atomic E-state index is 0.0102. The van der Waals surface area contributed by atoms with E-state index in [4.69, 9.17) is 13.9 Å². The highest BCUT2D eigenvalue weighted by molar-refractivity contribution is 7.89. The van der Waals surface area contributed by atoms with Crippen LogP contribution in [-0.4, -0.2) is 39.4 Å². The van der Waals surface area contributed by atoms with Gasteiger partial charge in [0.25, 0.3) is 0 Å². The summed E-state index contributed by atoms with van der Waals surface area (Å²) in [6.45, 7) is 1.80. The Morgan fingerprint density at radius 3 is 2.59 bits per heavy atom. The summed E-state index contributed by atoms with van der Waals surface area (Å²) < 4.78 is 42.5. The van der Waals surface area contributed by atoms with E-state index in [2.05, 4.69) is 14.9 Å². The number of nitrogens with zero attached hydrogens (tertiary/aromatic N) is 2. The van der Waals surface area contributed by atoms with E-state index in [1.165, 1.54) is 26.4 Å². The van der Waals surface area contributed by atoms with Crippen molar-refractivity contribution in [2.24, 2.45) is 0 Å². The number of benzene rings is 1. The van der Waals surface area contributed by atoms with Crippen LogP contribution in [-0.2, 0) is 16.4 Å². The maximum atomic E-state index is 12.4. The average Bonchev–Trinajstić information content (AvgIpc) is 2.91. The van der Waals surface area contributed by atoms with Gasteiger partial charge in [0, 0.05) is 26.0 Å². The van der Waals surface area contributed by atoms with Crippen LogP contribution in [0.2, 0.25) is 0 Å². The fourth-order valence-corrected chi connectivity index (χ4v) is 3.02. The van der Waals surface area contributed by atoms with Crippen molar-refractivity contribution in [3.63, 3.8) is 0 Å². The molecule has 9 heteroatoms. The summed E-state index contributed by atoms with van der Waals surface area (Å²) in [5, 5.41) is 7.48. The molecule has 0 fully saturated rings. The lowest BCUT2D eigenvalue weighted by molar-refractivity contribution is 0.392. The zero-order chi connectivity index (χ0) is 16.2. The molecule has 8 nitrogen and oxygen atoms in total. The van der Waals surface area contributed by atoms with Crippen LogP contribution in [0.1, 0.15) is 11.8 Å². The molecule has 120 valence electrons. The largest absolute Gasteiger partial charge is 0.497 e. The Kier molecular flexibility index (Phi) is 4.99. The molecule has 1 heterocycles. The molecule has 0 amide bonds. The molecule has 0 unspecified atom stereocenters. The molecule has 1 aromatic heterocycles. The van der Waals surface area contributed by atoms with E-state index in [1.807, 2.05) is 0 Å². The Bertz CT molecular complexity index is 742. The summed E-state index contributed by atoms with van der Waals surface area (Å²) in [5.74, 6) is 1.47. The molecule has 0 saturated heterocycles. The molecule has 0 spiro atoms. The monoisotopic (exact) mass is 327 g/mol. The van der Waals surface area contributed by atoms with Gasteiger partial charge in [-0.1, -0.05) is 0 Å². The summed E-state index contributed by atoms with van der Waals surface area (Å²) in [6.07, 6.45) is 0.298. The van der Waals surface area contributed by atoms with E-state index in [0.717, 1.165) is 0 Å². The van der Waals surface area contributed by atoms with Crippen LogP contribution >= 0.6 is 0 Å². The molecule has 0 aliphatic heterocycles. The average molecular weight is 327 g/mol. The standard InChI is InChI=1S/C13H17N3O5S/c1-9-15-16-13(21-9)6-7-14-22(17,18)12-8-10(19-2)4-5-11(12)20-3/h4-5,8,14H,6-7H2,1-3H3. The van der Waals surface area contributed by atoms with Gasteiger partial charge >= 0.3 is 0 Å². The number of ether oxygens (including phenoxy) is 2. The van der Waals surface area contributed by atoms with Crippen molar-refractivity contribution in [1.82, 2.24) is 14.9 Å². The van der Waals surface area contributed by atoms with Gasteiger partial charge in [0.2, 0.25) is 21.8 Å². The molecule has 0 aliphatic carbocycles. The SMILES string of the molecule is COc1ccc(OC)c(S(=O)(=O)NCCc2nnc(C)o2)c1. The van der Waals surface area contributed by atoms with Gasteiger partial charge in [-0.3, -0.25) is 0 Å². The van der Waals surface area contributed by atoms with Crippen LogP contribution in [0.25, 0.3) is 0 Å². The normalized spacial score (nSPS) is 11.4. The zero-order valence-electron chi connectivity index (χ0n) is 12.5. The van der Waals surface area contributed by atoms with E-state index < -0.39 is 10.0 Å². The second-order valence-electron chi connectivity index (χ2n) is 4.38. The molecule has 1 aromatic carbocycles. The summed E-state index contributed by atoms with van der Waals surface area (Å²) in [6, 6.07) is 4.56. The lowest BCUT2D eigenvalue weighted by Gasteiger charge is -2.11. The van der Waals surface area contributed by atoms with E-state index in [1.54, 1.807) is 13.0 Å². The van der Waals surface area contributed by atoms with Crippen molar-refractivity contribution < 1.29 is 22.3 Å². The molecule has 0 atom stereocenters. The highest BCUT2D eigenvalue weighted by atomic mass is 32.2. The number of aryl methyl sites for hydroxylation is 1. The lowest BCUT2D eigenvalue weighted by atomic mass is 10.3. The third-order valence-corrected chi connectivity index (χ3v) is 4.34. The van der Waals surface area contributed by atoms with E-state index >= 15 is 0 Å². The van der Waals surface area contributed by atoms with Crippen molar-refractivity contribution >= 4 is 10.0 Å². The van der Waals surface area contributed by atoms with Crippen LogP contribution < -0.4 is 14.2 Å². The first-order valence-corrected chi connectivity index (χ1v) is 7.95. The van der Waals surface area contributed by atoms with Gasteiger partial charge in [-0.05, 0) is 12.1 Å². The Morgan fingerprint density at radius 2 is 2.00 bits per heavy atom. The van der Waals surface area contributed by atoms with Gasteiger partial charge in [0.1, 0.15) is 16.4 Å². The maximum Gasteiger partial charge on any atom is 0.244 e. The number of hydrogen-bond acceptors (Lipinski definition) is 7. The Hall–Kier alpha value is -2.13. The second-order valence-corrected chi connectivity index (χ2v) is 6.11. The van der Waals surface area contributed by atoms with Crippen molar-refractivity contribution in [3.8, 4) is 11.5 Å². The number of methoxy groups -OCH3 is 2. The van der Waals surface area contributed by atoms with Crippen molar-refractivity contribution in [1.29, 1.82) is 0 Å². The van der Waals surface area contributed by atoms with Gasteiger partial charge in [-0.2, -0.15) is 0 Å². The fourth-order valence-electron chi connectivity index (χ4n) is 1.80. The topological polar surface area (TPSA) is 104 Å². The third-order valence-electron chi connectivity index (χ3n) is 2.86. The van der Waals surface area contributed by atoms with Crippen LogP contribution in [0.4, 0.5) is 0 Å². The Balaban J connectivity index is 2.12. The van der Waals surface area contributed by atoms with Gasteiger partial charge in [-0.15, -0.1) is 10.2 Å². The maximum absolute atomic E-state index is 12.4. The van der Waals surface area contributed by atoms with Crippen LogP contribution in [0, 0.1) is 6.92 Å². The molecule has 2 rings (SSSR count). The van der Waals surface area contributed by atoms with Gasteiger partial charge in [-0.25, -0.2) is 13.1 Å². The fraction of sp³-hybridized carbons (Fsp3) is 0.385. The molecule has 0 radical (unpaired) electrons. The second kappa shape index (κ2) is 6.75. The van der Waals surface area contributed by atoms with Crippen LogP contribution in [0.5, 0.6) is 11.5 Å². The molecule has 0 bridgehead atoms. The highest BCUT2D eigenvalue weighted by Gasteiger charge is 2.20. The van der Waals surface area contributed by atoms with Crippen LogP contribution in [0.3, 0.4) is 0 Å². The van der Waals surface area contributed by atoms with Crippen molar-refractivity contribution in [2.45, 2.75) is 18.2 Å². The number of aromatic nitrogens is 2. The molecule has 2 aromatic rings. The van der Waals surface area contributed by atoms with Crippen molar-refractivity contribution in [2.75, 3.05) is 20.8 Å². The Morgan fingerprint density at radius 1 is 1.23 bits per heavy atom. The van der Waals surface area contributed by atoms with Crippen molar-refractivity contribution in [3.05, 3.63) is 30.0 Å². The first-order valence-electron chi connectivity index (χ1n) is 6.47. The first-order chi connectivity index (χ1) is 10.5. The molecule has 1 N–H and O–H groups in total. The Labute approximate surface area is 128 Å². The number of nitrogens with one attached hydrogen (secondary N) is 1.